The Hall–Kier alpha value is -3.40. The molecule has 2 aromatic carbocycles. The first kappa shape index (κ1) is 18.0. The SMILES string of the molecule is COc1cc(OC)cc(-c2nnc3n2N=C(c2ccc([N+](=O)[O-])cc2)CS3)c1. The van der Waals surface area contributed by atoms with E-state index in [2.05, 4.69) is 15.3 Å². The fraction of sp³-hybridized carbons (Fsp3) is 0.167. The number of benzene rings is 2. The largest absolute Gasteiger partial charge is 0.497 e. The van der Waals surface area contributed by atoms with Gasteiger partial charge in [0.2, 0.25) is 5.16 Å². The number of aromatic nitrogens is 3. The van der Waals surface area contributed by atoms with Crippen molar-refractivity contribution in [2.24, 2.45) is 5.10 Å². The molecule has 1 aromatic heterocycles. The minimum absolute atomic E-state index is 0.0435. The van der Waals surface area contributed by atoms with Crippen LogP contribution in [0.1, 0.15) is 5.56 Å². The van der Waals surface area contributed by atoms with Gasteiger partial charge in [-0.1, -0.05) is 11.8 Å². The van der Waals surface area contributed by atoms with Gasteiger partial charge in [0, 0.05) is 29.5 Å². The molecule has 4 rings (SSSR count). The van der Waals surface area contributed by atoms with E-state index < -0.39 is 4.92 Å². The molecule has 0 fully saturated rings. The van der Waals surface area contributed by atoms with Crippen molar-refractivity contribution >= 4 is 23.2 Å². The summed E-state index contributed by atoms with van der Waals surface area (Å²) in [5, 5.41) is 24.7. The van der Waals surface area contributed by atoms with Crippen LogP contribution in [-0.4, -0.2) is 45.5 Å². The van der Waals surface area contributed by atoms with Crippen molar-refractivity contribution in [3.05, 3.63) is 58.1 Å². The molecule has 0 bridgehead atoms. The van der Waals surface area contributed by atoms with E-state index in [1.807, 2.05) is 12.1 Å². The number of rotatable bonds is 5. The molecule has 0 N–H and O–H groups in total. The van der Waals surface area contributed by atoms with Crippen LogP contribution >= 0.6 is 11.8 Å². The van der Waals surface area contributed by atoms with Gasteiger partial charge >= 0.3 is 0 Å². The molecule has 0 atom stereocenters. The molecule has 1 aliphatic rings. The van der Waals surface area contributed by atoms with Gasteiger partial charge in [0.25, 0.3) is 5.69 Å². The number of hydrogen-bond acceptors (Lipinski definition) is 8. The molecule has 9 nitrogen and oxygen atoms in total. The topological polar surface area (TPSA) is 105 Å². The van der Waals surface area contributed by atoms with Crippen LogP contribution in [0.5, 0.6) is 11.5 Å². The molecule has 0 aliphatic carbocycles. The highest BCUT2D eigenvalue weighted by atomic mass is 32.2. The third kappa shape index (κ3) is 3.29. The molecule has 3 aromatic rings. The highest BCUT2D eigenvalue weighted by Gasteiger charge is 2.22. The molecule has 0 radical (unpaired) electrons. The van der Waals surface area contributed by atoms with Crippen molar-refractivity contribution in [1.29, 1.82) is 0 Å². The lowest BCUT2D eigenvalue weighted by atomic mass is 10.1. The molecular weight excluding hydrogens is 382 g/mol. The second-order valence-electron chi connectivity index (χ2n) is 5.86. The number of nitro groups is 1. The molecule has 0 unspecified atom stereocenters. The standard InChI is InChI=1S/C18H15N5O4S/c1-26-14-7-12(8-15(9-14)27-2)17-19-20-18-22(17)21-16(10-28-18)11-3-5-13(6-4-11)23(24)25/h3-9H,10H2,1-2H3. The zero-order valence-corrected chi connectivity index (χ0v) is 15.8. The summed E-state index contributed by atoms with van der Waals surface area (Å²) >= 11 is 1.50. The highest BCUT2D eigenvalue weighted by molar-refractivity contribution is 7.99. The Bertz CT molecular complexity index is 1060. The van der Waals surface area contributed by atoms with Crippen molar-refractivity contribution in [3.8, 4) is 22.9 Å². The lowest BCUT2D eigenvalue weighted by molar-refractivity contribution is -0.384. The first-order chi connectivity index (χ1) is 13.6. The van der Waals surface area contributed by atoms with Crippen LogP contribution in [-0.2, 0) is 0 Å². The van der Waals surface area contributed by atoms with Crippen molar-refractivity contribution in [1.82, 2.24) is 14.9 Å². The van der Waals surface area contributed by atoms with Gasteiger partial charge in [-0.25, -0.2) is 0 Å². The van der Waals surface area contributed by atoms with E-state index in [9.17, 15) is 10.1 Å². The molecule has 0 saturated carbocycles. The predicted molar refractivity (Wildman–Crippen MR) is 104 cm³/mol. The first-order valence-corrected chi connectivity index (χ1v) is 9.22. The summed E-state index contributed by atoms with van der Waals surface area (Å²) in [6.07, 6.45) is 0. The van der Waals surface area contributed by atoms with Crippen LogP contribution in [0.2, 0.25) is 0 Å². The molecule has 142 valence electrons. The number of ether oxygens (including phenoxy) is 2. The minimum Gasteiger partial charge on any atom is -0.497 e. The maximum absolute atomic E-state index is 10.9. The summed E-state index contributed by atoms with van der Waals surface area (Å²) in [7, 11) is 3.16. The molecular formula is C18H15N5O4S. The maximum Gasteiger partial charge on any atom is 0.269 e. The predicted octanol–water partition coefficient (Wildman–Crippen LogP) is 3.23. The zero-order chi connectivity index (χ0) is 19.7. The first-order valence-electron chi connectivity index (χ1n) is 8.23. The maximum atomic E-state index is 10.9. The van der Waals surface area contributed by atoms with Gasteiger partial charge in [-0.2, -0.15) is 9.78 Å². The van der Waals surface area contributed by atoms with Crippen LogP contribution in [0.15, 0.2) is 52.7 Å². The number of nitrogens with zero attached hydrogens (tertiary/aromatic N) is 5. The van der Waals surface area contributed by atoms with Gasteiger partial charge in [0.15, 0.2) is 5.82 Å². The average Bonchev–Trinajstić information content (AvgIpc) is 3.16. The van der Waals surface area contributed by atoms with Crippen LogP contribution < -0.4 is 9.47 Å². The number of nitro benzene ring substituents is 1. The molecule has 2 heterocycles. The zero-order valence-electron chi connectivity index (χ0n) is 15.0. The van der Waals surface area contributed by atoms with Gasteiger partial charge in [-0.3, -0.25) is 10.1 Å². The van der Waals surface area contributed by atoms with Crippen LogP contribution in [0.4, 0.5) is 5.69 Å². The molecule has 0 saturated heterocycles. The number of methoxy groups -OCH3 is 2. The fourth-order valence-corrected chi connectivity index (χ4v) is 3.60. The van der Waals surface area contributed by atoms with E-state index in [-0.39, 0.29) is 5.69 Å². The quantitative estimate of drug-likeness (QED) is 0.481. The van der Waals surface area contributed by atoms with E-state index in [0.29, 0.717) is 28.2 Å². The molecule has 10 heteroatoms. The summed E-state index contributed by atoms with van der Waals surface area (Å²) in [6.45, 7) is 0. The summed E-state index contributed by atoms with van der Waals surface area (Å²) in [5.74, 6) is 2.42. The van der Waals surface area contributed by atoms with Crippen molar-refractivity contribution in [2.45, 2.75) is 5.16 Å². The van der Waals surface area contributed by atoms with Gasteiger partial charge in [0.05, 0.1) is 24.9 Å². The van der Waals surface area contributed by atoms with Crippen LogP contribution in [0.3, 0.4) is 0 Å². The van der Waals surface area contributed by atoms with Gasteiger partial charge in [-0.15, -0.1) is 10.2 Å². The molecule has 0 amide bonds. The fourth-order valence-electron chi connectivity index (χ4n) is 2.76. The molecule has 0 spiro atoms. The van der Waals surface area contributed by atoms with Crippen molar-refractivity contribution < 1.29 is 14.4 Å². The van der Waals surface area contributed by atoms with Crippen LogP contribution in [0, 0.1) is 10.1 Å². The van der Waals surface area contributed by atoms with Gasteiger partial charge in [-0.05, 0) is 29.8 Å². The normalized spacial score (nSPS) is 12.9. The summed E-state index contributed by atoms with van der Waals surface area (Å²) in [5.41, 5.74) is 2.39. The second-order valence-corrected chi connectivity index (χ2v) is 6.80. The van der Waals surface area contributed by atoms with Gasteiger partial charge < -0.3 is 9.47 Å². The third-order valence-electron chi connectivity index (χ3n) is 4.19. The van der Waals surface area contributed by atoms with E-state index in [1.54, 1.807) is 37.1 Å². The van der Waals surface area contributed by atoms with Gasteiger partial charge in [0.1, 0.15) is 11.5 Å². The highest BCUT2D eigenvalue weighted by Crippen LogP contribution is 2.32. The Morgan fingerprint density at radius 1 is 1.04 bits per heavy atom. The smallest absolute Gasteiger partial charge is 0.269 e. The van der Waals surface area contributed by atoms with Crippen molar-refractivity contribution in [3.63, 3.8) is 0 Å². The number of thioether (sulfide) groups is 1. The number of hydrogen-bond donors (Lipinski definition) is 0. The Morgan fingerprint density at radius 2 is 1.71 bits per heavy atom. The Balaban J connectivity index is 1.75. The van der Waals surface area contributed by atoms with Crippen molar-refractivity contribution in [2.75, 3.05) is 20.0 Å². The lowest BCUT2D eigenvalue weighted by Crippen LogP contribution is -2.13. The molecule has 1 aliphatic heterocycles. The Kier molecular flexibility index (Phi) is 4.70. The second kappa shape index (κ2) is 7.31. The lowest BCUT2D eigenvalue weighted by Gasteiger charge is -2.14. The van der Waals surface area contributed by atoms with Crippen LogP contribution in [0.25, 0.3) is 11.4 Å². The monoisotopic (exact) mass is 397 g/mol. The minimum atomic E-state index is -0.423. The van der Waals surface area contributed by atoms with E-state index in [0.717, 1.165) is 16.8 Å². The summed E-state index contributed by atoms with van der Waals surface area (Å²) < 4.78 is 12.3. The molecule has 28 heavy (non-hydrogen) atoms. The van der Waals surface area contributed by atoms with E-state index in [4.69, 9.17) is 9.47 Å². The Labute approximate surface area is 164 Å². The summed E-state index contributed by atoms with van der Waals surface area (Å²) in [4.78, 5) is 10.4. The van der Waals surface area contributed by atoms with E-state index in [1.165, 1.54) is 23.9 Å². The number of non-ortho nitro benzene ring substituents is 1. The average molecular weight is 397 g/mol. The Morgan fingerprint density at radius 3 is 2.32 bits per heavy atom. The summed E-state index contributed by atoms with van der Waals surface area (Å²) in [6, 6.07) is 11.8. The number of fused-ring (bicyclic) bond motifs is 1. The third-order valence-corrected chi connectivity index (χ3v) is 5.12. The van der Waals surface area contributed by atoms with E-state index >= 15 is 0 Å².